The fourth-order valence-electron chi connectivity index (χ4n) is 8.27. The van der Waals surface area contributed by atoms with Gasteiger partial charge in [-0.15, -0.1) is 0 Å². The second-order valence-corrected chi connectivity index (χ2v) is 22.3. The number of aromatic nitrogens is 2. The summed E-state index contributed by atoms with van der Waals surface area (Å²) in [6, 6.07) is 1.25. The number of ether oxygens (including phenoxy) is 4. The number of carbonyl (C=O) groups excluding carboxylic acids is 2. The lowest BCUT2D eigenvalue weighted by Crippen LogP contribution is -2.36. The van der Waals surface area contributed by atoms with Crippen LogP contribution in [0, 0.1) is 5.92 Å². The highest BCUT2D eigenvalue weighted by atomic mass is 31.3. The highest BCUT2D eigenvalue weighted by molar-refractivity contribution is 7.61. The van der Waals surface area contributed by atoms with Crippen LogP contribution in [-0.4, -0.2) is 97.9 Å². The maximum atomic E-state index is 12.9. The number of aliphatic hydroxyl groups excluding tert-OH is 2. The van der Waals surface area contributed by atoms with Crippen molar-refractivity contribution in [2.24, 2.45) is 5.92 Å². The number of rotatable bonds is 42. The zero-order chi connectivity index (χ0) is 51.2. The molecule has 0 aliphatic carbocycles. The topological polar surface area (TPSA) is 278 Å². The molecule has 2 saturated heterocycles. The molecular formula is C49H87N3O16P2. The van der Waals surface area contributed by atoms with Gasteiger partial charge in [0.15, 0.2) is 12.3 Å². The summed E-state index contributed by atoms with van der Waals surface area (Å²) < 4.78 is 62.7. The van der Waals surface area contributed by atoms with Crippen LogP contribution in [0.4, 0.5) is 5.82 Å². The third kappa shape index (κ3) is 27.5. The Kier molecular flexibility index (Phi) is 30.7. The Balaban J connectivity index is 1.39. The molecule has 0 amide bonds. The molecule has 1 aromatic rings. The number of allylic oxidation sites excluding steroid dienone is 1. The Hall–Kier alpha value is -2.54. The fraction of sp³-hybridized carbons (Fsp3) is 0.837. The molecule has 6 N–H and O–H groups in total. The van der Waals surface area contributed by atoms with Gasteiger partial charge in [-0.05, 0) is 50.5 Å². The summed E-state index contributed by atoms with van der Waals surface area (Å²) in [6.07, 6.45) is 26.0. The van der Waals surface area contributed by atoms with Crippen LogP contribution in [0.1, 0.15) is 200 Å². The highest BCUT2D eigenvalue weighted by Gasteiger charge is 2.46. The predicted molar refractivity (Wildman–Crippen MR) is 265 cm³/mol. The summed E-state index contributed by atoms with van der Waals surface area (Å²) in [5.74, 6) is -0.527. The molecule has 9 atom stereocenters. The van der Waals surface area contributed by atoms with E-state index in [2.05, 4.69) is 42.2 Å². The van der Waals surface area contributed by atoms with Crippen molar-refractivity contribution >= 4 is 33.4 Å². The Morgan fingerprint density at radius 2 is 1.33 bits per heavy atom. The van der Waals surface area contributed by atoms with Crippen LogP contribution in [0.15, 0.2) is 29.2 Å². The first-order chi connectivity index (χ1) is 33.5. The lowest BCUT2D eigenvalue weighted by Gasteiger charge is -2.21. The zero-order valence-corrected chi connectivity index (χ0v) is 44.0. The van der Waals surface area contributed by atoms with Gasteiger partial charge in [-0.3, -0.25) is 23.2 Å². The number of aliphatic hydroxyl groups is 2. The SMILES string of the molecule is CCCCC/C=C\CC1OC1CCCCCCCC(=O)OC[C@H](COP(=O)(O)OP(=O)(O)OC[C@H]1O[C@@H](n2ccc(N)nc2=O)[C@H](O)[C@@H]1O)OC(=O)CCCCCCCCCCCCCCCC(C)C. The molecule has 4 unspecified atom stereocenters. The number of unbranched alkanes of at least 4 members (excludes halogenated alkanes) is 19. The van der Waals surface area contributed by atoms with E-state index in [1.807, 2.05) is 0 Å². The van der Waals surface area contributed by atoms with Gasteiger partial charge in [0.25, 0.3) is 0 Å². The van der Waals surface area contributed by atoms with Gasteiger partial charge in [0.2, 0.25) is 0 Å². The summed E-state index contributed by atoms with van der Waals surface area (Å²) in [6.45, 7) is 4.44. The van der Waals surface area contributed by atoms with Crippen LogP contribution in [0.5, 0.6) is 0 Å². The lowest BCUT2D eigenvalue weighted by atomic mass is 10.0. The summed E-state index contributed by atoms with van der Waals surface area (Å²) in [5.41, 5.74) is 4.59. The minimum absolute atomic E-state index is 0.0480. The monoisotopic (exact) mass is 1040 g/mol. The molecule has 19 nitrogen and oxygen atoms in total. The van der Waals surface area contributed by atoms with Crippen molar-refractivity contribution in [3.8, 4) is 0 Å². The van der Waals surface area contributed by atoms with Crippen LogP contribution < -0.4 is 11.4 Å². The van der Waals surface area contributed by atoms with Gasteiger partial charge in [0, 0.05) is 19.0 Å². The average molecular weight is 1040 g/mol. The molecule has 21 heteroatoms. The predicted octanol–water partition coefficient (Wildman–Crippen LogP) is 9.68. The van der Waals surface area contributed by atoms with Gasteiger partial charge in [-0.2, -0.15) is 9.29 Å². The number of phosphoric ester groups is 2. The number of esters is 2. The van der Waals surface area contributed by atoms with Gasteiger partial charge < -0.3 is 44.7 Å². The molecule has 0 aromatic carbocycles. The first kappa shape index (κ1) is 61.8. The molecule has 2 fully saturated rings. The van der Waals surface area contributed by atoms with E-state index in [4.69, 9.17) is 33.7 Å². The smallest absolute Gasteiger partial charge is 0.462 e. The first-order valence-electron chi connectivity index (χ1n) is 26.2. The van der Waals surface area contributed by atoms with Crippen LogP contribution in [0.3, 0.4) is 0 Å². The number of anilines is 1. The number of hydrogen-bond acceptors (Lipinski definition) is 16. The number of hydrogen-bond donors (Lipinski definition) is 5. The molecule has 0 radical (unpaired) electrons. The van der Waals surface area contributed by atoms with E-state index >= 15 is 0 Å². The molecule has 3 heterocycles. The molecule has 2 aliphatic heterocycles. The van der Waals surface area contributed by atoms with Gasteiger partial charge in [-0.1, -0.05) is 155 Å². The van der Waals surface area contributed by atoms with Crippen molar-refractivity contribution in [1.82, 2.24) is 9.55 Å². The van der Waals surface area contributed by atoms with Crippen LogP contribution in [0.25, 0.3) is 0 Å². The molecule has 2 aliphatic rings. The molecule has 3 rings (SSSR count). The second kappa shape index (κ2) is 34.8. The first-order valence-corrected chi connectivity index (χ1v) is 29.2. The third-order valence-electron chi connectivity index (χ3n) is 12.5. The van der Waals surface area contributed by atoms with Crippen molar-refractivity contribution in [3.63, 3.8) is 0 Å². The normalized spacial score (nSPS) is 22.3. The van der Waals surface area contributed by atoms with Gasteiger partial charge in [0.05, 0.1) is 25.4 Å². The summed E-state index contributed by atoms with van der Waals surface area (Å²) >= 11 is 0. The molecule has 0 spiro atoms. The van der Waals surface area contributed by atoms with E-state index in [0.717, 1.165) is 81.1 Å². The highest BCUT2D eigenvalue weighted by Crippen LogP contribution is 2.60. The van der Waals surface area contributed by atoms with Crippen LogP contribution in [0.2, 0.25) is 0 Å². The minimum atomic E-state index is -5.43. The number of nitrogens with two attached hydrogens (primary N) is 1. The second-order valence-electron chi connectivity index (χ2n) is 19.2. The van der Waals surface area contributed by atoms with Crippen molar-refractivity contribution in [1.29, 1.82) is 0 Å². The van der Waals surface area contributed by atoms with Crippen molar-refractivity contribution in [2.75, 3.05) is 25.6 Å². The maximum Gasteiger partial charge on any atom is 0.481 e. The van der Waals surface area contributed by atoms with Crippen molar-refractivity contribution < 1.29 is 71.0 Å². The Labute approximate surface area is 416 Å². The minimum Gasteiger partial charge on any atom is -0.462 e. The van der Waals surface area contributed by atoms with Crippen molar-refractivity contribution in [2.45, 2.75) is 237 Å². The van der Waals surface area contributed by atoms with Gasteiger partial charge in [-0.25, -0.2) is 13.9 Å². The van der Waals surface area contributed by atoms with E-state index < -0.39 is 83.7 Å². The quantitative estimate of drug-likeness (QED) is 0.0134. The van der Waals surface area contributed by atoms with Gasteiger partial charge in [0.1, 0.15) is 30.7 Å². The molecular weight excluding hydrogens is 948 g/mol. The number of phosphoric acid groups is 2. The Morgan fingerprint density at radius 3 is 1.94 bits per heavy atom. The van der Waals surface area contributed by atoms with E-state index in [1.165, 1.54) is 89.3 Å². The molecule has 1 aromatic heterocycles. The fourth-order valence-corrected chi connectivity index (χ4v) is 10.4. The largest absolute Gasteiger partial charge is 0.481 e. The van der Waals surface area contributed by atoms with Gasteiger partial charge >= 0.3 is 33.3 Å². The molecule has 404 valence electrons. The Morgan fingerprint density at radius 1 is 0.743 bits per heavy atom. The third-order valence-corrected chi connectivity index (χ3v) is 15.1. The van der Waals surface area contributed by atoms with Crippen LogP contribution in [-0.2, 0) is 51.0 Å². The summed E-state index contributed by atoms with van der Waals surface area (Å²) in [4.78, 5) is 62.0. The number of carbonyl (C=O) groups is 2. The maximum absolute atomic E-state index is 12.9. The van der Waals surface area contributed by atoms with Crippen molar-refractivity contribution in [3.05, 3.63) is 34.9 Å². The summed E-state index contributed by atoms with van der Waals surface area (Å²) in [7, 11) is -10.8. The number of nitrogens with zero attached hydrogens (tertiary/aromatic N) is 2. The summed E-state index contributed by atoms with van der Waals surface area (Å²) in [5, 5.41) is 20.9. The Bertz CT molecular complexity index is 1800. The molecule has 70 heavy (non-hydrogen) atoms. The standard InChI is InChI=1S/C49H87N3O16P2/c1-4-5-6-7-19-24-29-40-41(66-40)30-25-20-17-22-26-31-44(53)62-35-39(65-45(54)32-27-21-16-14-12-10-8-9-11-13-15-18-23-28-38(2)3)36-63-69(58,59)68-70(60,61)64-37-42-46(55)47(56)48(67-42)52-34-33-43(50)51-49(52)57/h19,24,33-34,38-42,46-48,55-56H,4-18,20-23,25-32,35-37H2,1-3H3,(H,58,59)(H,60,61)(H2,50,51,57)/b24-19-/t39-,40?,41?,42-,46-,47-,48-/m1/s1. The molecule has 0 saturated carbocycles. The van der Waals surface area contributed by atoms with E-state index in [9.17, 15) is 43.5 Å². The van der Waals surface area contributed by atoms with E-state index in [-0.39, 0.29) is 18.7 Å². The lowest BCUT2D eigenvalue weighted by molar-refractivity contribution is -0.161. The number of nitrogen functional groups attached to an aromatic ring is 1. The molecule has 0 bridgehead atoms. The van der Waals surface area contributed by atoms with Crippen LogP contribution >= 0.6 is 15.6 Å². The zero-order valence-electron chi connectivity index (χ0n) is 42.2. The number of epoxide rings is 1. The average Bonchev–Trinajstić information content (AvgIpc) is 3.99. The van der Waals surface area contributed by atoms with E-state index in [1.54, 1.807) is 0 Å². The van der Waals surface area contributed by atoms with E-state index in [0.29, 0.717) is 25.0 Å².